The van der Waals surface area contributed by atoms with Crippen molar-refractivity contribution in [2.45, 2.75) is 27.7 Å². The zero-order chi connectivity index (χ0) is 7.98. The van der Waals surface area contributed by atoms with Crippen LogP contribution in [0, 0.1) is 13.8 Å². The lowest BCUT2D eigenvalue weighted by molar-refractivity contribution is 1.40. The molecule has 0 spiro atoms. The zero-order valence-electron chi connectivity index (χ0n) is 8.02. The van der Waals surface area contributed by atoms with Crippen LogP contribution in [0.1, 0.15) is 26.4 Å². The molecule has 0 atom stereocenters. The molecular formula is C10H21N. The minimum atomic E-state index is 0. The minimum absolute atomic E-state index is 0. The fourth-order valence-corrected chi connectivity index (χ4v) is 0.637. The van der Waals surface area contributed by atoms with Crippen molar-refractivity contribution in [1.29, 1.82) is 0 Å². The average molecular weight is 155 g/mol. The summed E-state index contributed by atoms with van der Waals surface area (Å²) in [6.07, 6.45) is 0. The molecule has 0 radical (unpaired) electrons. The van der Waals surface area contributed by atoms with Crippen molar-refractivity contribution in [1.82, 2.24) is 6.15 Å². The van der Waals surface area contributed by atoms with Crippen molar-refractivity contribution < 1.29 is 1.43 Å². The van der Waals surface area contributed by atoms with Gasteiger partial charge >= 0.3 is 0 Å². The van der Waals surface area contributed by atoms with Crippen LogP contribution >= 0.6 is 0 Å². The minimum Gasteiger partial charge on any atom is -0.344 e. The Morgan fingerprint density at radius 1 is 0.818 bits per heavy atom. The van der Waals surface area contributed by atoms with E-state index in [-0.39, 0.29) is 7.58 Å². The highest BCUT2D eigenvalue weighted by atomic mass is 14.0. The van der Waals surface area contributed by atoms with Gasteiger partial charge in [0, 0.05) is 1.43 Å². The molecule has 0 amide bonds. The molecule has 0 aliphatic rings. The van der Waals surface area contributed by atoms with Crippen molar-refractivity contribution in [2.24, 2.45) is 0 Å². The van der Waals surface area contributed by atoms with E-state index in [0.29, 0.717) is 0 Å². The van der Waals surface area contributed by atoms with Crippen LogP contribution < -0.4 is 6.15 Å². The second-order valence-electron chi connectivity index (χ2n) is 2.15. The van der Waals surface area contributed by atoms with E-state index in [2.05, 4.69) is 38.1 Å². The highest BCUT2D eigenvalue weighted by Gasteiger charge is 1.79. The largest absolute Gasteiger partial charge is 0.344 e. The molecule has 0 saturated heterocycles. The molecule has 3 N–H and O–H groups in total. The second kappa shape index (κ2) is 7.29. The SMILES string of the molecule is CC.Cc1ccc(C)cc1.N.[HH]. The third kappa shape index (κ3) is 5.62. The lowest BCUT2D eigenvalue weighted by Crippen LogP contribution is -1.70. The molecule has 0 aliphatic carbocycles. The zero-order valence-corrected chi connectivity index (χ0v) is 8.02. The van der Waals surface area contributed by atoms with E-state index in [0.717, 1.165) is 0 Å². The van der Waals surface area contributed by atoms with Gasteiger partial charge in [-0.1, -0.05) is 49.2 Å². The maximum absolute atomic E-state index is 2.12. The Bertz CT molecular complexity index is 149. The second-order valence-corrected chi connectivity index (χ2v) is 2.15. The molecule has 1 aromatic rings. The Labute approximate surface area is 71.5 Å². The van der Waals surface area contributed by atoms with Crippen molar-refractivity contribution in [3.8, 4) is 0 Å². The Balaban J connectivity index is -0.000000189. The molecule has 1 heteroatoms. The first-order valence-corrected chi connectivity index (χ1v) is 3.82. The molecule has 0 aromatic heterocycles. The fourth-order valence-electron chi connectivity index (χ4n) is 0.637. The highest BCUT2D eigenvalue weighted by Crippen LogP contribution is 1.99. The van der Waals surface area contributed by atoms with Crippen LogP contribution in [0.15, 0.2) is 24.3 Å². The molecule has 0 saturated carbocycles. The van der Waals surface area contributed by atoms with Crippen LogP contribution in [0.5, 0.6) is 0 Å². The molecule has 0 bridgehead atoms. The normalized spacial score (nSPS) is 7.27. The fraction of sp³-hybridized carbons (Fsp3) is 0.400. The maximum atomic E-state index is 2.12. The van der Waals surface area contributed by atoms with E-state index in [1.165, 1.54) is 11.1 Å². The molecular weight excluding hydrogens is 134 g/mol. The molecule has 0 unspecified atom stereocenters. The van der Waals surface area contributed by atoms with Crippen LogP contribution in [0.4, 0.5) is 0 Å². The summed E-state index contributed by atoms with van der Waals surface area (Å²) in [5.74, 6) is 0. The number of benzene rings is 1. The summed E-state index contributed by atoms with van der Waals surface area (Å²) < 4.78 is 0. The van der Waals surface area contributed by atoms with Crippen molar-refractivity contribution in [2.75, 3.05) is 0 Å². The predicted octanol–water partition coefficient (Wildman–Crippen LogP) is 3.74. The third-order valence-electron chi connectivity index (χ3n) is 1.22. The van der Waals surface area contributed by atoms with E-state index in [4.69, 9.17) is 0 Å². The quantitative estimate of drug-likeness (QED) is 0.608. The smallest absolute Gasteiger partial charge is 0 e. The van der Waals surface area contributed by atoms with Crippen LogP contribution in [-0.4, -0.2) is 0 Å². The maximum Gasteiger partial charge on any atom is 0 e. The summed E-state index contributed by atoms with van der Waals surface area (Å²) in [6.45, 7) is 8.19. The first-order valence-electron chi connectivity index (χ1n) is 3.82. The molecule has 1 rings (SSSR count). The lowest BCUT2D eigenvalue weighted by Gasteiger charge is -1.90. The van der Waals surface area contributed by atoms with Crippen molar-refractivity contribution >= 4 is 0 Å². The monoisotopic (exact) mass is 155 g/mol. The Hall–Kier alpha value is -0.820. The summed E-state index contributed by atoms with van der Waals surface area (Å²) in [5.41, 5.74) is 2.66. The standard InChI is InChI=1S/C8H10.C2H6.H3N.H2/c1-7-3-5-8(2)6-4-7;1-2;;/h3-6H,1-2H3;1-2H3;1H3;1H. The third-order valence-corrected chi connectivity index (χ3v) is 1.22. The van der Waals surface area contributed by atoms with Gasteiger partial charge in [0.2, 0.25) is 0 Å². The van der Waals surface area contributed by atoms with Crippen molar-refractivity contribution in [3.05, 3.63) is 35.4 Å². The van der Waals surface area contributed by atoms with Crippen LogP contribution in [0.2, 0.25) is 0 Å². The van der Waals surface area contributed by atoms with E-state index >= 15 is 0 Å². The van der Waals surface area contributed by atoms with Gasteiger partial charge < -0.3 is 6.15 Å². The molecule has 0 fully saturated rings. The predicted molar refractivity (Wildman–Crippen MR) is 54.4 cm³/mol. The molecule has 11 heavy (non-hydrogen) atoms. The Morgan fingerprint density at radius 3 is 1.18 bits per heavy atom. The Kier molecular flexibility index (Phi) is 8.50. The van der Waals surface area contributed by atoms with Gasteiger partial charge in [-0.3, -0.25) is 0 Å². The average Bonchev–Trinajstić information content (AvgIpc) is 2.00. The highest BCUT2D eigenvalue weighted by molar-refractivity contribution is 5.19. The van der Waals surface area contributed by atoms with Crippen LogP contribution in [0.25, 0.3) is 0 Å². The van der Waals surface area contributed by atoms with Gasteiger partial charge in [0.1, 0.15) is 0 Å². The van der Waals surface area contributed by atoms with E-state index in [1.54, 1.807) is 0 Å². The first kappa shape index (κ1) is 12.8. The molecule has 1 nitrogen and oxygen atoms in total. The van der Waals surface area contributed by atoms with E-state index in [9.17, 15) is 0 Å². The number of rotatable bonds is 0. The van der Waals surface area contributed by atoms with Gasteiger partial charge in [-0.05, 0) is 13.8 Å². The van der Waals surface area contributed by atoms with Crippen molar-refractivity contribution in [3.63, 3.8) is 0 Å². The van der Waals surface area contributed by atoms with Gasteiger partial charge in [0.05, 0.1) is 0 Å². The van der Waals surface area contributed by atoms with Gasteiger partial charge in [-0.25, -0.2) is 0 Å². The molecule has 66 valence electrons. The lowest BCUT2D eigenvalue weighted by atomic mass is 10.2. The molecule has 0 aliphatic heterocycles. The van der Waals surface area contributed by atoms with Gasteiger partial charge in [-0.2, -0.15) is 0 Å². The number of aryl methyl sites for hydroxylation is 2. The van der Waals surface area contributed by atoms with E-state index < -0.39 is 0 Å². The summed E-state index contributed by atoms with van der Waals surface area (Å²) in [7, 11) is 0. The van der Waals surface area contributed by atoms with E-state index in [1.807, 2.05) is 13.8 Å². The summed E-state index contributed by atoms with van der Waals surface area (Å²) >= 11 is 0. The first-order chi connectivity index (χ1) is 4.79. The van der Waals surface area contributed by atoms with Crippen LogP contribution in [-0.2, 0) is 0 Å². The summed E-state index contributed by atoms with van der Waals surface area (Å²) in [4.78, 5) is 0. The molecule has 1 aromatic carbocycles. The number of hydrogen-bond donors (Lipinski definition) is 1. The topological polar surface area (TPSA) is 35.0 Å². The van der Waals surface area contributed by atoms with Gasteiger partial charge in [0.25, 0.3) is 0 Å². The number of hydrogen-bond acceptors (Lipinski definition) is 1. The van der Waals surface area contributed by atoms with Crippen LogP contribution in [0.3, 0.4) is 0 Å². The molecule has 0 heterocycles. The Morgan fingerprint density at radius 2 is 1.00 bits per heavy atom. The van der Waals surface area contributed by atoms with Gasteiger partial charge in [0.15, 0.2) is 0 Å². The summed E-state index contributed by atoms with van der Waals surface area (Å²) in [6, 6.07) is 8.48. The van der Waals surface area contributed by atoms with Gasteiger partial charge in [-0.15, -0.1) is 0 Å². The summed E-state index contributed by atoms with van der Waals surface area (Å²) in [5, 5.41) is 0.